The summed E-state index contributed by atoms with van der Waals surface area (Å²) in [7, 11) is -3.51. The van der Waals surface area contributed by atoms with Crippen LogP contribution in [-0.2, 0) is 14.8 Å². The van der Waals surface area contributed by atoms with Crippen LogP contribution in [0.1, 0.15) is 37.7 Å². The fourth-order valence-corrected chi connectivity index (χ4v) is 5.12. The van der Waals surface area contributed by atoms with Gasteiger partial charge in [0.15, 0.2) is 0 Å². The van der Waals surface area contributed by atoms with E-state index in [1.165, 1.54) is 10.7 Å². The number of piperidine rings is 2. The van der Waals surface area contributed by atoms with E-state index in [0.29, 0.717) is 18.0 Å². The molecule has 0 N–H and O–H groups in total. The maximum absolute atomic E-state index is 12.8. The molecule has 1 amide bonds. The average Bonchev–Trinajstić information content (AvgIpc) is 2.62. The number of rotatable bonds is 3. The summed E-state index contributed by atoms with van der Waals surface area (Å²) in [5.74, 6) is -0.0596. The van der Waals surface area contributed by atoms with E-state index in [-0.39, 0.29) is 11.8 Å². The fourth-order valence-electron chi connectivity index (χ4n) is 3.59. The van der Waals surface area contributed by atoms with Crippen molar-refractivity contribution >= 4 is 15.9 Å². The SMILES string of the molecule is Cc1ccc(S(=O)(=O)N2CCCC(C(=O)N3CCCCC3)C2)cc1. The zero-order valence-electron chi connectivity index (χ0n) is 14.3. The van der Waals surface area contributed by atoms with Crippen LogP contribution in [-0.4, -0.2) is 49.7 Å². The first kappa shape index (κ1) is 17.4. The Bertz CT molecular complexity index is 679. The molecule has 0 aliphatic carbocycles. The van der Waals surface area contributed by atoms with Gasteiger partial charge in [-0.15, -0.1) is 0 Å². The van der Waals surface area contributed by atoms with Gasteiger partial charge in [0, 0.05) is 26.2 Å². The molecule has 0 spiro atoms. The van der Waals surface area contributed by atoms with Gasteiger partial charge in [0.05, 0.1) is 10.8 Å². The minimum Gasteiger partial charge on any atom is -0.342 e. The van der Waals surface area contributed by atoms with Crippen molar-refractivity contribution in [2.75, 3.05) is 26.2 Å². The van der Waals surface area contributed by atoms with Crippen molar-refractivity contribution < 1.29 is 13.2 Å². The first-order valence-electron chi connectivity index (χ1n) is 8.84. The number of carbonyl (C=O) groups excluding carboxylic acids is 1. The summed E-state index contributed by atoms with van der Waals surface area (Å²) in [4.78, 5) is 15.0. The Morgan fingerprint density at radius 2 is 1.67 bits per heavy atom. The first-order valence-corrected chi connectivity index (χ1v) is 10.3. The molecule has 2 aliphatic rings. The number of hydrogen-bond donors (Lipinski definition) is 0. The third-order valence-electron chi connectivity index (χ3n) is 5.06. The van der Waals surface area contributed by atoms with Gasteiger partial charge < -0.3 is 4.90 Å². The van der Waals surface area contributed by atoms with Crippen LogP contribution >= 0.6 is 0 Å². The summed E-state index contributed by atoms with van der Waals surface area (Å²) >= 11 is 0. The van der Waals surface area contributed by atoms with Crippen molar-refractivity contribution in [2.45, 2.75) is 43.9 Å². The highest BCUT2D eigenvalue weighted by Gasteiger charge is 2.35. The topological polar surface area (TPSA) is 57.7 Å². The van der Waals surface area contributed by atoms with Gasteiger partial charge in [0.2, 0.25) is 15.9 Å². The second kappa shape index (κ2) is 7.23. The molecule has 1 aromatic carbocycles. The average molecular weight is 350 g/mol. The minimum atomic E-state index is -3.51. The van der Waals surface area contributed by atoms with Crippen LogP contribution in [0.3, 0.4) is 0 Å². The number of aryl methyl sites for hydroxylation is 1. The molecule has 2 heterocycles. The van der Waals surface area contributed by atoms with Crippen molar-refractivity contribution in [1.82, 2.24) is 9.21 Å². The van der Waals surface area contributed by atoms with Crippen LogP contribution in [0.25, 0.3) is 0 Å². The standard InChI is InChI=1S/C18H26N2O3S/c1-15-7-9-17(10-8-15)24(22,23)20-13-5-6-16(14-20)18(21)19-11-3-2-4-12-19/h7-10,16H,2-6,11-14H2,1H3. The van der Waals surface area contributed by atoms with Crippen LogP contribution in [0, 0.1) is 12.8 Å². The minimum absolute atomic E-state index is 0.138. The summed E-state index contributed by atoms with van der Waals surface area (Å²) in [6.07, 6.45) is 4.83. The van der Waals surface area contributed by atoms with Crippen molar-refractivity contribution in [3.8, 4) is 0 Å². The molecular formula is C18H26N2O3S. The third-order valence-corrected chi connectivity index (χ3v) is 6.94. The van der Waals surface area contributed by atoms with Gasteiger partial charge in [-0.25, -0.2) is 8.42 Å². The fraction of sp³-hybridized carbons (Fsp3) is 0.611. The summed E-state index contributed by atoms with van der Waals surface area (Å²) < 4.78 is 27.2. The molecule has 1 unspecified atom stereocenters. The number of benzene rings is 1. The molecule has 2 fully saturated rings. The van der Waals surface area contributed by atoms with E-state index in [1.807, 2.05) is 24.0 Å². The first-order chi connectivity index (χ1) is 11.5. The Balaban J connectivity index is 1.72. The normalized spacial score (nSPS) is 23.2. The largest absolute Gasteiger partial charge is 0.342 e. The van der Waals surface area contributed by atoms with Crippen LogP contribution in [0.4, 0.5) is 0 Å². The number of carbonyl (C=O) groups is 1. The van der Waals surface area contributed by atoms with E-state index in [4.69, 9.17) is 0 Å². The molecule has 5 nitrogen and oxygen atoms in total. The molecule has 1 atom stereocenters. The lowest BCUT2D eigenvalue weighted by atomic mass is 9.97. The van der Waals surface area contributed by atoms with Gasteiger partial charge in [0.25, 0.3) is 0 Å². The van der Waals surface area contributed by atoms with E-state index in [0.717, 1.165) is 44.3 Å². The van der Waals surface area contributed by atoms with E-state index in [1.54, 1.807) is 12.1 Å². The van der Waals surface area contributed by atoms with Gasteiger partial charge in [0.1, 0.15) is 0 Å². The molecule has 2 saturated heterocycles. The predicted molar refractivity (Wildman–Crippen MR) is 93.1 cm³/mol. The molecule has 3 rings (SSSR count). The number of sulfonamides is 1. The van der Waals surface area contributed by atoms with E-state index in [2.05, 4.69) is 0 Å². The highest BCUT2D eigenvalue weighted by atomic mass is 32.2. The molecule has 0 bridgehead atoms. The van der Waals surface area contributed by atoms with Gasteiger partial charge in [-0.2, -0.15) is 4.31 Å². The Kier molecular flexibility index (Phi) is 5.25. The van der Waals surface area contributed by atoms with Crippen LogP contribution < -0.4 is 0 Å². The van der Waals surface area contributed by atoms with Gasteiger partial charge in [-0.1, -0.05) is 17.7 Å². The second-order valence-electron chi connectivity index (χ2n) is 6.90. The van der Waals surface area contributed by atoms with Crippen molar-refractivity contribution in [3.05, 3.63) is 29.8 Å². The molecule has 1 aromatic rings. The van der Waals surface area contributed by atoms with Gasteiger partial charge >= 0.3 is 0 Å². The van der Waals surface area contributed by atoms with Crippen LogP contribution in [0.5, 0.6) is 0 Å². The van der Waals surface area contributed by atoms with Gasteiger partial charge in [-0.05, 0) is 51.2 Å². The monoisotopic (exact) mass is 350 g/mol. The summed E-state index contributed by atoms with van der Waals surface area (Å²) in [5, 5.41) is 0. The third kappa shape index (κ3) is 3.64. The maximum Gasteiger partial charge on any atom is 0.243 e. The van der Waals surface area contributed by atoms with Crippen LogP contribution in [0.2, 0.25) is 0 Å². The van der Waals surface area contributed by atoms with Crippen molar-refractivity contribution in [3.63, 3.8) is 0 Å². The quantitative estimate of drug-likeness (QED) is 0.841. The van der Waals surface area contributed by atoms with Crippen molar-refractivity contribution in [2.24, 2.45) is 5.92 Å². The highest BCUT2D eigenvalue weighted by molar-refractivity contribution is 7.89. The lowest BCUT2D eigenvalue weighted by molar-refractivity contribution is -0.137. The Morgan fingerprint density at radius 3 is 2.33 bits per heavy atom. The molecule has 132 valence electrons. The number of nitrogens with zero attached hydrogens (tertiary/aromatic N) is 2. The zero-order valence-corrected chi connectivity index (χ0v) is 15.1. The lowest BCUT2D eigenvalue weighted by Crippen LogP contribution is -2.47. The molecule has 0 aromatic heterocycles. The molecule has 6 heteroatoms. The van der Waals surface area contributed by atoms with E-state index < -0.39 is 10.0 Å². The maximum atomic E-state index is 12.8. The molecule has 0 radical (unpaired) electrons. The molecular weight excluding hydrogens is 324 g/mol. The summed E-state index contributed by atoms with van der Waals surface area (Å²) in [6, 6.07) is 6.93. The molecule has 2 aliphatic heterocycles. The number of hydrogen-bond acceptors (Lipinski definition) is 3. The number of likely N-dealkylation sites (tertiary alicyclic amines) is 1. The molecule has 24 heavy (non-hydrogen) atoms. The highest BCUT2D eigenvalue weighted by Crippen LogP contribution is 2.26. The second-order valence-corrected chi connectivity index (χ2v) is 8.84. The molecule has 0 saturated carbocycles. The Labute approximate surface area is 144 Å². The predicted octanol–water partition coefficient (Wildman–Crippen LogP) is 2.41. The zero-order chi connectivity index (χ0) is 17.2. The van der Waals surface area contributed by atoms with Crippen molar-refractivity contribution in [1.29, 1.82) is 0 Å². The van der Waals surface area contributed by atoms with Crippen LogP contribution in [0.15, 0.2) is 29.2 Å². The summed E-state index contributed by atoms with van der Waals surface area (Å²) in [6.45, 7) is 4.39. The Hall–Kier alpha value is -1.40. The van der Waals surface area contributed by atoms with E-state index in [9.17, 15) is 13.2 Å². The number of amides is 1. The Morgan fingerprint density at radius 1 is 1.00 bits per heavy atom. The van der Waals surface area contributed by atoms with Gasteiger partial charge in [-0.3, -0.25) is 4.79 Å². The van der Waals surface area contributed by atoms with E-state index >= 15 is 0 Å². The lowest BCUT2D eigenvalue weighted by Gasteiger charge is -2.35. The summed E-state index contributed by atoms with van der Waals surface area (Å²) in [5.41, 5.74) is 1.03. The smallest absolute Gasteiger partial charge is 0.243 e.